The second-order valence-electron chi connectivity index (χ2n) is 11.4. The average Bonchev–Trinajstić information content (AvgIpc) is 2.86. The van der Waals surface area contributed by atoms with Crippen molar-refractivity contribution < 1.29 is 0 Å². The zero-order valence-electron chi connectivity index (χ0n) is 24.4. The van der Waals surface area contributed by atoms with E-state index in [1.54, 1.807) is 18.5 Å². The van der Waals surface area contributed by atoms with E-state index in [-0.39, 0.29) is 0 Å². The lowest BCUT2D eigenvalue weighted by molar-refractivity contribution is 0.587. The van der Waals surface area contributed by atoms with Gasteiger partial charge in [-0.25, -0.2) is 0 Å². The van der Waals surface area contributed by atoms with Gasteiger partial charge in [-0.3, -0.25) is 0 Å². The van der Waals surface area contributed by atoms with Gasteiger partial charge in [0, 0.05) is 13.9 Å². The Bertz CT molecular complexity index is 387. The predicted octanol–water partition coefficient (Wildman–Crippen LogP) is 12.6. The van der Waals surface area contributed by atoms with Crippen molar-refractivity contribution in [3.05, 3.63) is 38.0 Å². The van der Waals surface area contributed by atoms with Gasteiger partial charge in [-0.2, -0.15) is 0 Å². The highest BCUT2D eigenvalue weighted by atomic mass is 31.2. The van der Waals surface area contributed by atoms with Gasteiger partial charge in [0.2, 0.25) is 0 Å². The van der Waals surface area contributed by atoms with Crippen molar-refractivity contribution in [2.24, 2.45) is 0 Å². The van der Waals surface area contributed by atoms with Crippen LogP contribution in [0.25, 0.3) is 0 Å². The van der Waals surface area contributed by atoms with Crippen LogP contribution in [-0.4, -0.2) is 25.2 Å². The van der Waals surface area contributed by atoms with Crippen molar-refractivity contribution in [1.82, 2.24) is 0 Å². The highest BCUT2D eigenvalue weighted by Gasteiger charge is 2.29. The molecule has 0 N–H and O–H groups in total. The van der Waals surface area contributed by atoms with E-state index in [9.17, 15) is 0 Å². The number of allylic oxidation sites excluding steroid dienone is 3. The summed E-state index contributed by atoms with van der Waals surface area (Å²) in [6, 6.07) is 0. The van der Waals surface area contributed by atoms with Crippen LogP contribution in [0.3, 0.4) is 0 Å². The lowest BCUT2D eigenvalue weighted by Crippen LogP contribution is -2.08. The Morgan fingerprint density at radius 1 is 0.343 bits per heavy atom. The maximum atomic E-state index is 3.84. The second-order valence-corrected chi connectivity index (χ2v) is 16.0. The van der Waals surface area contributed by atoms with E-state index in [2.05, 4.69) is 44.6 Å². The lowest BCUT2D eigenvalue weighted by atomic mass is 10.1. The van der Waals surface area contributed by atoms with Gasteiger partial charge in [-0.1, -0.05) is 95.3 Å². The van der Waals surface area contributed by atoms with Crippen molar-refractivity contribution in [3.8, 4) is 0 Å². The summed E-state index contributed by atoms with van der Waals surface area (Å²) >= 11 is 0. The quantitative estimate of drug-likeness (QED) is 0.0517. The fourth-order valence-electron chi connectivity index (χ4n) is 5.33. The third-order valence-electron chi connectivity index (χ3n) is 7.82. The highest BCUT2D eigenvalue weighted by Crippen LogP contribution is 2.57. The third kappa shape index (κ3) is 26.5. The molecule has 0 aromatic rings. The van der Waals surface area contributed by atoms with Crippen LogP contribution in [0.1, 0.15) is 154 Å². The standard InChI is InChI=1S/C34H66P/c1-5-8-11-14-17-20-23-26-29-32-35(4,33-30-27-24-21-18-15-12-9-6-2)34-31-28-25-22-19-16-13-10-7-3/h5-7H,1-3,8-34H2,4H3/q+1. The summed E-state index contributed by atoms with van der Waals surface area (Å²) < 4.78 is 0. The first-order valence-corrected chi connectivity index (χ1v) is 18.6. The van der Waals surface area contributed by atoms with E-state index in [0.717, 1.165) is 0 Å². The smallest absolute Gasteiger partial charge is 0.0591 e. The van der Waals surface area contributed by atoms with Crippen LogP contribution in [-0.2, 0) is 0 Å². The molecule has 0 radical (unpaired) electrons. The normalized spacial score (nSPS) is 11.6. The van der Waals surface area contributed by atoms with Gasteiger partial charge in [-0.05, 0) is 77.0 Å². The van der Waals surface area contributed by atoms with Gasteiger partial charge in [0.15, 0.2) is 0 Å². The maximum absolute atomic E-state index is 3.84. The Morgan fingerprint density at radius 3 is 0.771 bits per heavy atom. The average molecular weight is 506 g/mol. The minimum atomic E-state index is -0.714. The van der Waals surface area contributed by atoms with Crippen LogP contribution in [0, 0.1) is 0 Å². The molecule has 35 heavy (non-hydrogen) atoms. The molecule has 0 saturated heterocycles. The Balaban J connectivity index is 4.08. The molecule has 0 bridgehead atoms. The molecule has 0 fully saturated rings. The molecule has 0 atom stereocenters. The first-order valence-electron chi connectivity index (χ1n) is 15.8. The molecule has 206 valence electrons. The van der Waals surface area contributed by atoms with Crippen molar-refractivity contribution in [2.75, 3.05) is 25.2 Å². The lowest BCUT2D eigenvalue weighted by Gasteiger charge is -2.24. The molecular weight excluding hydrogens is 439 g/mol. The summed E-state index contributed by atoms with van der Waals surface area (Å²) in [4.78, 5) is 0. The molecule has 0 nitrogen and oxygen atoms in total. The zero-order valence-corrected chi connectivity index (χ0v) is 25.3. The van der Waals surface area contributed by atoms with Gasteiger partial charge in [-0.15, -0.1) is 19.7 Å². The van der Waals surface area contributed by atoms with Crippen LogP contribution in [0.4, 0.5) is 0 Å². The molecule has 0 aromatic heterocycles. The van der Waals surface area contributed by atoms with Gasteiger partial charge in [0.05, 0.1) is 18.5 Å². The topological polar surface area (TPSA) is 0 Å². The van der Waals surface area contributed by atoms with Crippen molar-refractivity contribution in [2.45, 2.75) is 154 Å². The third-order valence-corrected chi connectivity index (χ3v) is 12.0. The first kappa shape index (κ1) is 34.6. The van der Waals surface area contributed by atoms with Gasteiger partial charge in [0.25, 0.3) is 0 Å². The summed E-state index contributed by atoms with van der Waals surface area (Å²) in [7, 11) is -0.714. The van der Waals surface area contributed by atoms with E-state index in [0.29, 0.717) is 0 Å². The molecule has 0 aliphatic carbocycles. The summed E-state index contributed by atoms with van der Waals surface area (Å²) in [6.45, 7) is 14.3. The van der Waals surface area contributed by atoms with E-state index >= 15 is 0 Å². The Hall–Kier alpha value is -0.350. The fourth-order valence-corrected chi connectivity index (χ4v) is 8.97. The number of rotatable bonds is 30. The highest BCUT2D eigenvalue weighted by molar-refractivity contribution is 7.75. The van der Waals surface area contributed by atoms with Crippen molar-refractivity contribution >= 4 is 7.26 Å². The molecule has 0 aliphatic heterocycles. The molecule has 0 amide bonds. The molecule has 0 unspecified atom stereocenters. The molecule has 0 saturated carbocycles. The summed E-state index contributed by atoms with van der Waals surface area (Å²) in [5.74, 6) is 0. The van der Waals surface area contributed by atoms with E-state index in [1.807, 2.05) is 0 Å². The fraction of sp³-hybridized carbons (Fsp3) is 0.824. The summed E-state index contributed by atoms with van der Waals surface area (Å²) in [5.41, 5.74) is 0. The second kappa shape index (κ2) is 28.2. The van der Waals surface area contributed by atoms with Crippen molar-refractivity contribution in [3.63, 3.8) is 0 Å². The number of unbranched alkanes of at least 4 members (excludes halogenated alkanes) is 21. The molecule has 0 heterocycles. The first-order chi connectivity index (χ1) is 17.2. The van der Waals surface area contributed by atoms with Crippen LogP contribution < -0.4 is 0 Å². The van der Waals surface area contributed by atoms with Crippen LogP contribution in [0.5, 0.6) is 0 Å². The van der Waals surface area contributed by atoms with Crippen LogP contribution >= 0.6 is 7.26 Å². The Kier molecular flexibility index (Phi) is 27.9. The largest absolute Gasteiger partial charge is 0.103 e. The van der Waals surface area contributed by atoms with Crippen LogP contribution in [0.15, 0.2) is 38.0 Å². The van der Waals surface area contributed by atoms with E-state index in [1.165, 1.54) is 154 Å². The number of hydrogen-bond donors (Lipinski definition) is 0. The van der Waals surface area contributed by atoms with E-state index in [4.69, 9.17) is 0 Å². The maximum Gasteiger partial charge on any atom is 0.0591 e. The Labute approximate surface area is 224 Å². The zero-order chi connectivity index (χ0) is 25.7. The molecule has 0 aromatic carbocycles. The minimum Gasteiger partial charge on any atom is -0.103 e. The van der Waals surface area contributed by atoms with Crippen LogP contribution in [0.2, 0.25) is 0 Å². The monoisotopic (exact) mass is 505 g/mol. The van der Waals surface area contributed by atoms with Gasteiger partial charge >= 0.3 is 0 Å². The Morgan fingerprint density at radius 2 is 0.543 bits per heavy atom. The predicted molar refractivity (Wildman–Crippen MR) is 169 cm³/mol. The molecule has 0 aliphatic rings. The SMILES string of the molecule is C=CCCCCCCCCC[P+](C)(CCCCCCCCCC=C)CCCCCCCCCC=C. The van der Waals surface area contributed by atoms with Gasteiger partial charge in [0.1, 0.15) is 0 Å². The molecular formula is C34H66P+. The number of hydrogen-bond acceptors (Lipinski definition) is 0. The summed E-state index contributed by atoms with van der Waals surface area (Å²) in [6.07, 6.45) is 44.8. The van der Waals surface area contributed by atoms with Gasteiger partial charge < -0.3 is 0 Å². The van der Waals surface area contributed by atoms with Crippen molar-refractivity contribution in [1.29, 1.82) is 0 Å². The molecule has 0 rings (SSSR count). The summed E-state index contributed by atoms with van der Waals surface area (Å²) in [5, 5.41) is 0. The molecule has 0 spiro atoms. The molecule has 1 heteroatoms. The minimum absolute atomic E-state index is 0.714. The van der Waals surface area contributed by atoms with E-state index < -0.39 is 7.26 Å².